The standard InChI is InChI=1S/C18H29N5O2.C6H6/c1-4-5-10-23(2,3)13-17(25)22-12-16(24)21-11-14-6-8-15(9-7-14)18(19)20;1-2-4-6-5-3-1/h6-9H,4-5,10-13H2,1-3H3,(H4-,19,20,21,22,24,25);1-6H/p+1. The highest BCUT2D eigenvalue weighted by Crippen LogP contribution is 2.03. The van der Waals surface area contributed by atoms with E-state index in [4.69, 9.17) is 11.1 Å². The first-order chi connectivity index (χ1) is 14.7. The largest absolute Gasteiger partial charge is 0.384 e. The first-order valence-corrected chi connectivity index (χ1v) is 10.5. The van der Waals surface area contributed by atoms with Crippen LogP contribution in [0.1, 0.15) is 30.9 Å². The molecule has 7 nitrogen and oxygen atoms in total. The SMILES string of the molecule is CCCC[N+](C)(C)CC(=O)NCC(=O)NCc1ccc(C(=N)N)cc1.c1ccccc1. The zero-order valence-electron chi connectivity index (χ0n) is 18.9. The summed E-state index contributed by atoms with van der Waals surface area (Å²) in [6, 6.07) is 19.1. The summed E-state index contributed by atoms with van der Waals surface area (Å²) in [5.41, 5.74) is 6.95. The molecule has 0 aliphatic carbocycles. The molecule has 0 spiro atoms. The molecule has 2 amide bonds. The number of hydrogen-bond acceptors (Lipinski definition) is 3. The van der Waals surface area contributed by atoms with E-state index < -0.39 is 0 Å². The van der Waals surface area contributed by atoms with Gasteiger partial charge in [-0.1, -0.05) is 74.0 Å². The van der Waals surface area contributed by atoms with Crippen molar-refractivity contribution >= 4 is 17.6 Å². The average Bonchev–Trinajstić information content (AvgIpc) is 2.76. The second-order valence-corrected chi connectivity index (χ2v) is 7.99. The van der Waals surface area contributed by atoms with Crippen LogP contribution in [0.25, 0.3) is 0 Å². The van der Waals surface area contributed by atoms with Gasteiger partial charge in [0.15, 0.2) is 6.54 Å². The molecular formula is C24H36N5O2+. The highest BCUT2D eigenvalue weighted by molar-refractivity contribution is 5.94. The number of amides is 2. The normalized spacial score (nSPS) is 10.4. The first-order valence-electron chi connectivity index (χ1n) is 10.5. The van der Waals surface area contributed by atoms with Gasteiger partial charge in [-0.3, -0.25) is 15.0 Å². The molecule has 0 unspecified atom stereocenters. The van der Waals surface area contributed by atoms with Gasteiger partial charge in [-0.05, 0) is 12.0 Å². The second kappa shape index (κ2) is 13.9. The fourth-order valence-corrected chi connectivity index (χ4v) is 2.74. The van der Waals surface area contributed by atoms with E-state index in [1.807, 2.05) is 62.6 Å². The molecule has 0 saturated heterocycles. The van der Waals surface area contributed by atoms with Crippen molar-refractivity contribution in [1.82, 2.24) is 10.6 Å². The molecule has 5 N–H and O–H groups in total. The zero-order chi connectivity index (χ0) is 23.1. The third kappa shape index (κ3) is 12.2. The first kappa shape index (κ1) is 25.8. The van der Waals surface area contributed by atoms with E-state index in [9.17, 15) is 9.59 Å². The van der Waals surface area contributed by atoms with Gasteiger partial charge in [0, 0.05) is 12.1 Å². The van der Waals surface area contributed by atoms with E-state index in [2.05, 4.69) is 17.6 Å². The molecule has 7 heteroatoms. The van der Waals surface area contributed by atoms with Crippen molar-refractivity contribution in [3.8, 4) is 0 Å². The predicted octanol–water partition coefficient (Wildman–Crippen LogP) is 2.27. The van der Waals surface area contributed by atoms with Crippen molar-refractivity contribution < 1.29 is 14.1 Å². The van der Waals surface area contributed by atoms with Gasteiger partial charge in [0.2, 0.25) is 5.91 Å². The number of carbonyl (C=O) groups excluding carboxylic acids is 2. The van der Waals surface area contributed by atoms with Gasteiger partial charge in [-0.15, -0.1) is 0 Å². The van der Waals surface area contributed by atoms with Crippen molar-refractivity contribution in [3.63, 3.8) is 0 Å². The molecule has 2 aromatic rings. The van der Waals surface area contributed by atoms with Gasteiger partial charge >= 0.3 is 0 Å². The maximum Gasteiger partial charge on any atom is 0.275 e. The van der Waals surface area contributed by atoms with Gasteiger partial charge < -0.3 is 20.9 Å². The molecule has 2 rings (SSSR count). The Morgan fingerprint density at radius 3 is 1.97 bits per heavy atom. The molecule has 0 heterocycles. The fraction of sp³-hybridized carbons (Fsp3) is 0.375. The van der Waals surface area contributed by atoms with E-state index in [-0.39, 0.29) is 24.2 Å². The lowest BCUT2D eigenvalue weighted by molar-refractivity contribution is -0.882. The van der Waals surface area contributed by atoms with Crippen LogP contribution in [0.2, 0.25) is 0 Å². The van der Waals surface area contributed by atoms with Gasteiger partial charge in [0.25, 0.3) is 5.91 Å². The molecule has 0 aliphatic rings. The van der Waals surface area contributed by atoms with Gasteiger partial charge in [0.05, 0.1) is 27.2 Å². The third-order valence-electron chi connectivity index (χ3n) is 4.56. The van der Waals surface area contributed by atoms with Crippen LogP contribution < -0.4 is 16.4 Å². The Hall–Kier alpha value is -3.19. The van der Waals surface area contributed by atoms with Crippen molar-refractivity contribution in [2.45, 2.75) is 26.3 Å². The van der Waals surface area contributed by atoms with Crippen LogP contribution in [0.3, 0.4) is 0 Å². The smallest absolute Gasteiger partial charge is 0.275 e. The summed E-state index contributed by atoms with van der Waals surface area (Å²) >= 11 is 0. The van der Waals surface area contributed by atoms with Gasteiger partial charge in [-0.25, -0.2) is 0 Å². The minimum absolute atomic E-state index is 0.0126. The maximum atomic E-state index is 12.0. The van der Waals surface area contributed by atoms with Crippen LogP contribution in [0.4, 0.5) is 0 Å². The summed E-state index contributed by atoms with van der Waals surface area (Å²) in [4.78, 5) is 23.8. The second-order valence-electron chi connectivity index (χ2n) is 7.99. The molecular weight excluding hydrogens is 390 g/mol. The van der Waals surface area contributed by atoms with Gasteiger partial charge in [-0.2, -0.15) is 0 Å². The van der Waals surface area contributed by atoms with Crippen molar-refractivity contribution in [2.24, 2.45) is 5.73 Å². The number of nitrogen functional groups attached to an aromatic ring is 1. The number of nitrogens with zero attached hydrogens (tertiary/aromatic N) is 1. The molecule has 0 radical (unpaired) electrons. The lowest BCUT2D eigenvalue weighted by Crippen LogP contribution is -2.49. The molecule has 0 saturated carbocycles. The molecule has 31 heavy (non-hydrogen) atoms. The summed E-state index contributed by atoms with van der Waals surface area (Å²) in [6.07, 6.45) is 2.17. The van der Waals surface area contributed by atoms with Crippen molar-refractivity contribution in [1.29, 1.82) is 5.41 Å². The summed E-state index contributed by atoms with van der Waals surface area (Å²) in [5, 5.41) is 12.8. The van der Waals surface area contributed by atoms with Crippen LogP contribution in [0, 0.1) is 5.41 Å². The number of amidine groups is 1. The Balaban J connectivity index is 0.000000683. The molecule has 0 bridgehead atoms. The predicted molar refractivity (Wildman–Crippen MR) is 126 cm³/mol. The summed E-state index contributed by atoms with van der Waals surface area (Å²) < 4.78 is 0.615. The Labute approximate surface area is 185 Å². The Morgan fingerprint density at radius 2 is 1.48 bits per heavy atom. The molecule has 2 aromatic carbocycles. The molecule has 168 valence electrons. The van der Waals surface area contributed by atoms with E-state index in [1.165, 1.54) is 0 Å². The average molecular weight is 427 g/mol. The molecule has 0 aromatic heterocycles. The topological polar surface area (TPSA) is 108 Å². The van der Waals surface area contributed by atoms with E-state index in [1.54, 1.807) is 12.1 Å². The molecule has 0 aliphatic heterocycles. The number of hydrogen-bond donors (Lipinski definition) is 4. The third-order valence-corrected chi connectivity index (χ3v) is 4.56. The number of carbonyl (C=O) groups is 2. The number of unbranched alkanes of at least 4 members (excludes halogenated alkanes) is 1. The lowest BCUT2D eigenvalue weighted by Gasteiger charge is -2.28. The summed E-state index contributed by atoms with van der Waals surface area (Å²) in [5.74, 6) is -0.344. The Morgan fingerprint density at radius 1 is 0.935 bits per heavy atom. The van der Waals surface area contributed by atoms with Crippen LogP contribution in [0.5, 0.6) is 0 Å². The Bertz CT molecular complexity index is 778. The molecule has 0 fully saturated rings. The minimum Gasteiger partial charge on any atom is -0.384 e. The maximum absolute atomic E-state index is 12.0. The number of likely N-dealkylation sites (N-methyl/N-ethyl adjacent to an activating group) is 1. The number of nitrogens with one attached hydrogen (secondary N) is 3. The number of benzene rings is 2. The lowest BCUT2D eigenvalue weighted by atomic mass is 10.1. The van der Waals surface area contributed by atoms with Crippen molar-refractivity contribution in [2.75, 3.05) is 33.7 Å². The van der Waals surface area contributed by atoms with Crippen molar-refractivity contribution in [3.05, 3.63) is 71.8 Å². The van der Waals surface area contributed by atoms with E-state index >= 15 is 0 Å². The monoisotopic (exact) mass is 426 g/mol. The quantitative estimate of drug-likeness (QED) is 0.266. The molecule has 0 atom stereocenters. The fourth-order valence-electron chi connectivity index (χ4n) is 2.74. The highest BCUT2D eigenvalue weighted by atomic mass is 16.2. The van der Waals surface area contributed by atoms with Crippen LogP contribution in [-0.2, 0) is 16.1 Å². The van der Waals surface area contributed by atoms with Crippen LogP contribution in [0.15, 0.2) is 60.7 Å². The Kier molecular flexibility index (Phi) is 11.6. The summed E-state index contributed by atoms with van der Waals surface area (Å²) in [7, 11) is 4.03. The van der Waals surface area contributed by atoms with E-state index in [0.29, 0.717) is 23.1 Å². The minimum atomic E-state index is -0.233. The van der Waals surface area contributed by atoms with E-state index in [0.717, 1.165) is 24.9 Å². The summed E-state index contributed by atoms with van der Waals surface area (Å²) in [6.45, 7) is 3.76. The van der Waals surface area contributed by atoms with Crippen LogP contribution >= 0.6 is 0 Å². The zero-order valence-corrected chi connectivity index (χ0v) is 18.9. The number of nitrogens with two attached hydrogens (primary N) is 1. The highest BCUT2D eigenvalue weighted by Gasteiger charge is 2.19. The van der Waals surface area contributed by atoms with Crippen LogP contribution in [-0.4, -0.2) is 55.9 Å². The number of quaternary nitrogens is 1. The number of rotatable bonds is 10. The van der Waals surface area contributed by atoms with Gasteiger partial charge in [0.1, 0.15) is 5.84 Å².